The van der Waals surface area contributed by atoms with Gasteiger partial charge in [-0.1, -0.05) is 121 Å². The molecule has 4 aromatic rings. The minimum atomic E-state index is -0.773. The molecule has 44 heavy (non-hydrogen) atoms. The second-order valence-corrected chi connectivity index (χ2v) is 10.9. The molecule has 1 heterocycles. The maximum atomic E-state index is 13.3. The molecule has 0 aliphatic carbocycles. The Morgan fingerprint density at radius 3 is 1.59 bits per heavy atom. The fourth-order valence-corrected chi connectivity index (χ4v) is 5.55. The van der Waals surface area contributed by atoms with Crippen molar-refractivity contribution in [2.24, 2.45) is 0 Å². The third kappa shape index (κ3) is 8.62. The number of benzene rings is 4. The van der Waals surface area contributed by atoms with Gasteiger partial charge in [0.1, 0.15) is 24.4 Å². The largest absolute Gasteiger partial charge is 0.374 e. The summed E-state index contributed by atoms with van der Waals surface area (Å²) in [5.41, 5.74) is 4.10. The summed E-state index contributed by atoms with van der Waals surface area (Å²) in [6, 6.07) is 39.3. The SMILES string of the molecule is CO[C@@H]1O[C@H](COCc2ccccc2)[C@H](OCc2ccccc2)[C@H](OCc2ccccc2)[C@@H]1N(Cc1ccccc1)C(C)=O. The van der Waals surface area contributed by atoms with E-state index in [1.165, 1.54) is 0 Å². The third-order valence-corrected chi connectivity index (χ3v) is 7.77. The second kappa shape index (κ2) is 16.3. The van der Waals surface area contributed by atoms with Crippen molar-refractivity contribution in [3.8, 4) is 0 Å². The molecule has 0 bridgehead atoms. The lowest BCUT2D eigenvalue weighted by Crippen LogP contribution is -2.66. The van der Waals surface area contributed by atoms with Gasteiger partial charge in [-0.15, -0.1) is 0 Å². The summed E-state index contributed by atoms with van der Waals surface area (Å²) in [6.45, 7) is 3.30. The standard InChI is InChI=1S/C37H41NO6/c1-28(39)38(23-29-15-7-3-8-16-29)34-36(43-26-32-21-13-6-14-22-32)35(42-25-31-19-11-5-12-20-31)33(44-37(34)40-2)27-41-24-30-17-9-4-10-18-30/h3-22,33-37H,23-27H2,1-2H3/t33-,34+,35+,36-,37-/m1/s1. The molecule has 0 unspecified atom stereocenters. The molecule has 0 aromatic heterocycles. The van der Waals surface area contributed by atoms with Crippen LogP contribution in [0.1, 0.15) is 29.2 Å². The van der Waals surface area contributed by atoms with Crippen molar-refractivity contribution in [1.82, 2.24) is 4.90 Å². The first kappa shape index (κ1) is 31.6. The van der Waals surface area contributed by atoms with Gasteiger partial charge >= 0.3 is 0 Å². The molecule has 0 spiro atoms. The van der Waals surface area contributed by atoms with Gasteiger partial charge in [-0.3, -0.25) is 4.79 Å². The molecular weight excluding hydrogens is 554 g/mol. The van der Waals surface area contributed by atoms with E-state index >= 15 is 0 Å². The smallest absolute Gasteiger partial charge is 0.220 e. The van der Waals surface area contributed by atoms with Gasteiger partial charge in [0, 0.05) is 20.6 Å². The first-order chi connectivity index (χ1) is 21.6. The van der Waals surface area contributed by atoms with Crippen molar-refractivity contribution >= 4 is 5.91 Å². The summed E-state index contributed by atoms with van der Waals surface area (Å²) in [7, 11) is 1.60. The Bertz CT molecular complexity index is 1390. The van der Waals surface area contributed by atoms with E-state index in [1.54, 1.807) is 18.9 Å². The Morgan fingerprint density at radius 1 is 0.659 bits per heavy atom. The minimum Gasteiger partial charge on any atom is -0.374 e. The molecule has 1 aliphatic rings. The lowest BCUT2D eigenvalue weighted by Gasteiger charge is -2.49. The van der Waals surface area contributed by atoms with E-state index in [0.717, 1.165) is 22.3 Å². The molecule has 1 fully saturated rings. The highest BCUT2D eigenvalue weighted by atomic mass is 16.7. The molecule has 1 saturated heterocycles. The summed E-state index contributed by atoms with van der Waals surface area (Å²) in [5, 5.41) is 0. The van der Waals surface area contributed by atoms with Gasteiger partial charge < -0.3 is 28.6 Å². The summed E-state index contributed by atoms with van der Waals surface area (Å²) in [6.07, 6.45) is -2.44. The van der Waals surface area contributed by atoms with Crippen LogP contribution in [0.25, 0.3) is 0 Å². The van der Waals surface area contributed by atoms with E-state index in [9.17, 15) is 4.79 Å². The van der Waals surface area contributed by atoms with Crippen LogP contribution in [-0.4, -0.2) is 55.2 Å². The molecule has 1 amide bonds. The summed E-state index contributed by atoms with van der Waals surface area (Å²) >= 11 is 0. The van der Waals surface area contributed by atoms with E-state index in [1.807, 2.05) is 121 Å². The Hall–Kier alpha value is -3.85. The van der Waals surface area contributed by atoms with Crippen molar-refractivity contribution in [2.75, 3.05) is 13.7 Å². The van der Waals surface area contributed by atoms with Crippen molar-refractivity contribution in [1.29, 1.82) is 0 Å². The molecule has 7 heteroatoms. The van der Waals surface area contributed by atoms with Crippen molar-refractivity contribution in [2.45, 2.75) is 63.9 Å². The number of hydrogen-bond acceptors (Lipinski definition) is 6. The van der Waals surface area contributed by atoms with Crippen molar-refractivity contribution in [3.05, 3.63) is 144 Å². The van der Waals surface area contributed by atoms with Crippen LogP contribution < -0.4 is 0 Å². The highest BCUT2D eigenvalue weighted by Crippen LogP contribution is 2.33. The van der Waals surface area contributed by atoms with Crippen LogP contribution in [0.3, 0.4) is 0 Å². The van der Waals surface area contributed by atoms with E-state index in [4.69, 9.17) is 23.7 Å². The maximum absolute atomic E-state index is 13.3. The predicted molar refractivity (Wildman–Crippen MR) is 168 cm³/mol. The lowest BCUT2D eigenvalue weighted by molar-refractivity contribution is -0.299. The molecule has 230 valence electrons. The Labute approximate surface area is 260 Å². The molecule has 4 aromatic carbocycles. The Kier molecular flexibility index (Phi) is 11.7. The van der Waals surface area contributed by atoms with Gasteiger partial charge in [0.2, 0.25) is 5.91 Å². The average Bonchev–Trinajstić information content (AvgIpc) is 3.07. The fraction of sp³-hybridized carbons (Fsp3) is 0.324. The lowest BCUT2D eigenvalue weighted by atomic mass is 9.94. The van der Waals surface area contributed by atoms with Crippen molar-refractivity contribution < 1.29 is 28.5 Å². The number of hydrogen-bond donors (Lipinski definition) is 0. The topological polar surface area (TPSA) is 66.5 Å². The van der Waals surface area contributed by atoms with Crippen molar-refractivity contribution in [3.63, 3.8) is 0 Å². The summed E-state index contributed by atoms with van der Waals surface area (Å²) in [5.74, 6) is -0.113. The zero-order valence-electron chi connectivity index (χ0n) is 25.4. The molecule has 0 N–H and O–H groups in total. The van der Waals surface area contributed by atoms with Crippen LogP contribution in [0.4, 0.5) is 0 Å². The number of carbonyl (C=O) groups is 1. The fourth-order valence-electron chi connectivity index (χ4n) is 5.55. The van der Waals surface area contributed by atoms with Gasteiger partial charge in [0.25, 0.3) is 0 Å². The first-order valence-corrected chi connectivity index (χ1v) is 15.0. The number of nitrogens with zero attached hydrogens (tertiary/aromatic N) is 1. The summed E-state index contributed by atoms with van der Waals surface area (Å²) in [4.78, 5) is 15.1. The number of amides is 1. The third-order valence-electron chi connectivity index (χ3n) is 7.77. The van der Waals surface area contributed by atoms with Crippen LogP contribution in [0, 0.1) is 0 Å². The second-order valence-electron chi connectivity index (χ2n) is 10.9. The van der Waals surface area contributed by atoms with E-state index in [2.05, 4.69) is 0 Å². The van der Waals surface area contributed by atoms with E-state index in [-0.39, 0.29) is 12.5 Å². The van der Waals surface area contributed by atoms with Crippen LogP contribution in [-0.2, 0) is 54.8 Å². The number of methoxy groups -OCH3 is 1. The molecule has 0 saturated carbocycles. The van der Waals surface area contributed by atoms with Crippen LogP contribution >= 0.6 is 0 Å². The predicted octanol–water partition coefficient (Wildman–Crippen LogP) is 6.16. The monoisotopic (exact) mass is 595 g/mol. The van der Waals surface area contributed by atoms with Crippen LogP contribution in [0.2, 0.25) is 0 Å². The normalized spacial score (nSPS) is 21.5. The quantitative estimate of drug-likeness (QED) is 0.174. The Balaban J connectivity index is 1.47. The highest BCUT2D eigenvalue weighted by Gasteiger charge is 2.51. The highest BCUT2D eigenvalue weighted by molar-refractivity contribution is 5.73. The van der Waals surface area contributed by atoms with E-state index in [0.29, 0.717) is 26.4 Å². The van der Waals surface area contributed by atoms with Crippen LogP contribution in [0.15, 0.2) is 121 Å². The van der Waals surface area contributed by atoms with E-state index < -0.39 is 30.6 Å². The van der Waals surface area contributed by atoms with Gasteiger partial charge in [-0.05, 0) is 22.3 Å². The first-order valence-electron chi connectivity index (χ1n) is 15.0. The molecule has 0 radical (unpaired) electrons. The number of rotatable bonds is 14. The van der Waals surface area contributed by atoms with Gasteiger partial charge in [-0.25, -0.2) is 0 Å². The van der Waals surface area contributed by atoms with Crippen LogP contribution in [0.5, 0.6) is 0 Å². The zero-order valence-corrected chi connectivity index (χ0v) is 25.4. The maximum Gasteiger partial charge on any atom is 0.220 e. The number of carbonyl (C=O) groups excluding carboxylic acids is 1. The molecular formula is C37H41NO6. The molecule has 1 aliphatic heterocycles. The molecule has 5 rings (SSSR count). The number of ether oxygens (including phenoxy) is 5. The zero-order chi connectivity index (χ0) is 30.6. The molecule has 7 nitrogen and oxygen atoms in total. The van der Waals surface area contributed by atoms with Gasteiger partial charge in [0.15, 0.2) is 6.29 Å². The molecule has 5 atom stereocenters. The van der Waals surface area contributed by atoms with Gasteiger partial charge in [-0.2, -0.15) is 0 Å². The Morgan fingerprint density at radius 2 is 1.11 bits per heavy atom. The average molecular weight is 596 g/mol. The minimum absolute atomic E-state index is 0.113. The summed E-state index contributed by atoms with van der Waals surface area (Å²) < 4.78 is 32.1. The van der Waals surface area contributed by atoms with Gasteiger partial charge in [0.05, 0.1) is 26.4 Å².